The van der Waals surface area contributed by atoms with E-state index in [0.717, 1.165) is 18.0 Å². The molecule has 5 heteroatoms. The van der Waals surface area contributed by atoms with Gasteiger partial charge in [-0.1, -0.05) is 0 Å². The standard InChI is InChI=1S/C12H15N3OS/c1-8(7-10-3-2-6-16-10)15-11(9-4-5-9)13-14-12(15)17/h2-3,6,8-9H,4-5,7H2,1H3,(H,14,17). The molecule has 0 saturated heterocycles. The van der Waals surface area contributed by atoms with Gasteiger partial charge in [0.25, 0.3) is 0 Å². The zero-order chi connectivity index (χ0) is 11.8. The first-order valence-electron chi connectivity index (χ1n) is 5.95. The lowest BCUT2D eigenvalue weighted by molar-refractivity contribution is 0.438. The molecule has 1 fully saturated rings. The van der Waals surface area contributed by atoms with Crippen LogP contribution in [0.4, 0.5) is 0 Å². The predicted molar refractivity (Wildman–Crippen MR) is 66.5 cm³/mol. The van der Waals surface area contributed by atoms with Crippen LogP contribution in [-0.2, 0) is 6.42 Å². The van der Waals surface area contributed by atoms with E-state index in [2.05, 4.69) is 21.7 Å². The molecular formula is C12H15N3OS. The summed E-state index contributed by atoms with van der Waals surface area (Å²) < 4.78 is 8.23. The van der Waals surface area contributed by atoms with Crippen LogP contribution in [0.25, 0.3) is 0 Å². The number of nitrogens with one attached hydrogen (secondary N) is 1. The summed E-state index contributed by atoms with van der Waals surface area (Å²) in [6.45, 7) is 2.15. The molecule has 1 N–H and O–H groups in total. The number of hydrogen-bond donors (Lipinski definition) is 1. The van der Waals surface area contributed by atoms with E-state index in [1.165, 1.54) is 12.8 Å². The number of nitrogens with zero attached hydrogens (tertiary/aromatic N) is 2. The first-order valence-corrected chi connectivity index (χ1v) is 6.35. The van der Waals surface area contributed by atoms with Gasteiger partial charge in [0.15, 0.2) is 4.77 Å². The Labute approximate surface area is 105 Å². The van der Waals surface area contributed by atoms with Crippen LogP contribution in [0.15, 0.2) is 22.8 Å². The van der Waals surface area contributed by atoms with E-state index in [0.29, 0.717) is 10.7 Å². The molecule has 90 valence electrons. The maximum atomic E-state index is 5.38. The van der Waals surface area contributed by atoms with Gasteiger partial charge in [-0.2, -0.15) is 5.10 Å². The van der Waals surface area contributed by atoms with Crippen molar-refractivity contribution in [3.63, 3.8) is 0 Å². The van der Waals surface area contributed by atoms with Crippen LogP contribution >= 0.6 is 12.2 Å². The SMILES string of the molecule is CC(Cc1ccco1)n1c(C2CC2)n[nH]c1=S. The zero-order valence-corrected chi connectivity index (χ0v) is 10.5. The molecule has 0 spiro atoms. The number of aromatic nitrogens is 3. The summed E-state index contributed by atoms with van der Waals surface area (Å²) >= 11 is 5.31. The van der Waals surface area contributed by atoms with Crippen molar-refractivity contribution in [2.45, 2.75) is 38.1 Å². The highest BCUT2D eigenvalue weighted by Gasteiger charge is 2.30. The molecule has 0 aromatic carbocycles. The maximum Gasteiger partial charge on any atom is 0.195 e. The second kappa shape index (κ2) is 4.14. The van der Waals surface area contributed by atoms with E-state index in [4.69, 9.17) is 16.6 Å². The van der Waals surface area contributed by atoms with Crippen molar-refractivity contribution in [3.05, 3.63) is 34.8 Å². The lowest BCUT2D eigenvalue weighted by Gasteiger charge is -2.14. The molecule has 2 aromatic rings. The molecule has 1 unspecified atom stereocenters. The molecular weight excluding hydrogens is 234 g/mol. The summed E-state index contributed by atoms with van der Waals surface area (Å²) in [7, 11) is 0. The third-order valence-electron chi connectivity index (χ3n) is 3.19. The summed E-state index contributed by atoms with van der Waals surface area (Å²) in [4.78, 5) is 0. The van der Waals surface area contributed by atoms with Crippen LogP contribution in [0.5, 0.6) is 0 Å². The molecule has 1 saturated carbocycles. The Hall–Kier alpha value is -1.36. The lowest BCUT2D eigenvalue weighted by atomic mass is 10.2. The Morgan fingerprint density at radius 3 is 3.12 bits per heavy atom. The minimum absolute atomic E-state index is 0.281. The fraction of sp³-hybridized carbons (Fsp3) is 0.500. The summed E-state index contributed by atoms with van der Waals surface area (Å²) in [6, 6.07) is 4.19. The highest BCUT2D eigenvalue weighted by atomic mass is 32.1. The Morgan fingerprint density at radius 1 is 1.65 bits per heavy atom. The average molecular weight is 249 g/mol. The molecule has 2 heterocycles. The highest BCUT2D eigenvalue weighted by molar-refractivity contribution is 7.71. The molecule has 2 aromatic heterocycles. The second-order valence-corrected chi connectivity index (χ2v) is 5.05. The van der Waals surface area contributed by atoms with Crippen molar-refractivity contribution in [3.8, 4) is 0 Å². The van der Waals surface area contributed by atoms with Crippen molar-refractivity contribution in [1.82, 2.24) is 14.8 Å². The molecule has 1 aliphatic rings. The first-order chi connectivity index (χ1) is 8.25. The molecule has 0 aliphatic heterocycles. The summed E-state index contributed by atoms with van der Waals surface area (Å²) in [5, 5.41) is 7.25. The summed E-state index contributed by atoms with van der Waals surface area (Å²) in [5.41, 5.74) is 0. The topological polar surface area (TPSA) is 46.8 Å². The number of H-pyrrole nitrogens is 1. The number of rotatable bonds is 4. The first kappa shape index (κ1) is 10.8. The van der Waals surface area contributed by atoms with Crippen LogP contribution < -0.4 is 0 Å². The fourth-order valence-electron chi connectivity index (χ4n) is 2.18. The summed E-state index contributed by atoms with van der Waals surface area (Å²) in [5.74, 6) is 2.69. The second-order valence-electron chi connectivity index (χ2n) is 4.66. The van der Waals surface area contributed by atoms with Crippen molar-refractivity contribution in [2.75, 3.05) is 0 Å². The normalized spacial score (nSPS) is 17.2. The van der Waals surface area contributed by atoms with Crippen LogP contribution in [-0.4, -0.2) is 14.8 Å². The van der Waals surface area contributed by atoms with Gasteiger partial charge in [0.05, 0.1) is 6.26 Å². The molecule has 3 rings (SSSR count). The van der Waals surface area contributed by atoms with Gasteiger partial charge in [-0.05, 0) is 44.1 Å². The fourth-order valence-corrected chi connectivity index (χ4v) is 2.50. The van der Waals surface area contributed by atoms with E-state index in [1.54, 1.807) is 6.26 Å². The van der Waals surface area contributed by atoms with E-state index in [9.17, 15) is 0 Å². The molecule has 0 radical (unpaired) electrons. The van der Waals surface area contributed by atoms with Crippen molar-refractivity contribution in [2.24, 2.45) is 0 Å². The smallest absolute Gasteiger partial charge is 0.195 e. The van der Waals surface area contributed by atoms with Gasteiger partial charge in [-0.25, -0.2) is 0 Å². The molecule has 1 aliphatic carbocycles. The average Bonchev–Trinajstić information content (AvgIpc) is 2.88. The van der Waals surface area contributed by atoms with Crippen LogP contribution in [0.1, 0.15) is 43.3 Å². The Morgan fingerprint density at radius 2 is 2.47 bits per heavy atom. The Bertz CT molecular complexity index is 551. The third-order valence-corrected chi connectivity index (χ3v) is 3.48. The number of aromatic amines is 1. The van der Waals surface area contributed by atoms with Gasteiger partial charge in [0, 0.05) is 18.4 Å². The van der Waals surface area contributed by atoms with Gasteiger partial charge in [-0.3, -0.25) is 5.10 Å². The van der Waals surface area contributed by atoms with Crippen LogP contribution in [0.2, 0.25) is 0 Å². The maximum absolute atomic E-state index is 5.38. The highest BCUT2D eigenvalue weighted by Crippen LogP contribution is 2.39. The minimum Gasteiger partial charge on any atom is -0.469 e. The number of furan rings is 1. The van der Waals surface area contributed by atoms with E-state index in [1.807, 2.05) is 12.1 Å². The van der Waals surface area contributed by atoms with Crippen molar-refractivity contribution in [1.29, 1.82) is 0 Å². The van der Waals surface area contributed by atoms with Crippen molar-refractivity contribution < 1.29 is 4.42 Å². The molecule has 4 nitrogen and oxygen atoms in total. The van der Waals surface area contributed by atoms with E-state index >= 15 is 0 Å². The Kier molecular flexibility index (Phi) is 2.63. The minimum atomic E-state index is 0.281. The van der Waals surface area contributed by atoms with Crippen LogP contribution in [0.3, 0.4) is 0 Å². The predicted octanol–water partition coefficient (Wildman–Crippen LogP) is 3.21. The zero-order valence-electron chi connectivity index (χ0n) is 9.72. The van der Waals surface area contributed by atoms with Gasteiger partial charge >= 0.3 is 0 Å². The molecule has 0 bridgehead atoms. The van der Waals surface area contributed by atoms with Crippen molar-refractivity contribution >= 4 is 12.2 Å². The van der Waals surface area contributed by atoms with E-state index in [-0.39, 0.29) is 6.04 Å². The summed E-state index contributed by atoms with van der Waals surface area (Å²) in [6.07, 6.45) is 5.01. The van der Waals surface area contributed by atoms with E-state index < -0.39 is 0 Å². The number of hydrogen-bond acceptors (Lipinski definition) is 3. The molecule has 17 heavy (non-hydrogen) atoms. The van der Waals surface area contributed by atoms with Gasteiger partial charge in [0.2, 0.25) is 0 Å². The Balaban J connectivity index is 1.87. The van der Waals surface area contributed by atoms with Crippen LogP contribution in [0, 0.1) is 4.77 Å². The lowest BCUT2D eigenvalue weighted by Crippen LogP contribution is -2.11. The van der Waals surface area contributed by atoms with Gasteiger partial charge in [-0.15, -0.1) is 0 Å². The van der Waals surface area contributed by atoms with Gasteiger partial charge < -0.3 is 8.98 Å². The third kappa shape index (κ3) is 2.07. The quantitative estimate of drug-likeness (QED) is 0.846. The largest absolute Gasteiger partial charge is 0.469 e. The molecule has 1 atom stereocenters. The monoisotopic (exact) mass is 249 g/mol. The van der Waals surface area contributed by atoms with Gasteiger partial charge in [0.1, 0.15) is 11.6 Å². The molecule has 0 amide bonds.